The van der Waals surface area contributed by atoms with Crippen LogP contribution in [0.3, 0.4) is 0 Å². The van der Waals surface area contributed by atoms with E-state index < -0.39 is 0 Å². The molecule has 0 aliphatic carbocycles. The summed E-state index contributed by atoms with van der Waals surface area (Å²) in [6, 6.07) is 1.62. The molecule has 0 atom stereocenters. The van der Waals surface area contributed by atoms with E-state index in [0.717, 1.165) is 22.3 Å². The molecule has 0 spiro atoms. The highest BCUT2D eigenvalue weighted by Crippen LogP contribution is 2.40. The fourth-order valence-electron chi connectivity index (χ4n) is 1.86. The molecule has 90 valence electrons. The molecule has 1 N–H and O–H groups in total. The van der Waals surface area contributed by atoms with Crippen LogP contribution in [0.1, 0.15) is 11.3 Å². The van der Waals surface area contributed by atoms with Crippen LogP contribution in [0.5, 0.6) is 0 Å². The standard InChI is InChI=1S/C12H11Cl3N2/c1-5-6(2)17-12-8(14)4-7(13)10(15)9(12)11(5)16-3/h4H,1-3H3,(H,16,17). The van der Waals surface area contributed by atoms with Crippen molar-refractivity contribution in [3.63, 3.8) is 0 Å². The summed E-state index contributed by atoms with van der Waals surface area (Å²) in [4.78, 5) is 4.47. The lowest BCUT2D eigenvalue weighted by Crippen LogP contribution is -1.99. The molecule has 1 heterocycles. The van der Waals surface area contributed by atoms with E-state index in [0.29, 0.717) is 20.6 Å². The summed E-state index contributed by atoms with van der Waals surface area (Å²) >= 11 is 18.4. The highest BCUT2D eigenvalue weighted by Gasteiger charge is 2.16. The molecule has 0 saturated heterocycles. The van der Waals surface area contributed by atoms with Crippen molar-refractivity contribution >= 4 is 51.4 Å². The molecule has 2 nitrogen and oxygen atoms in total. The molecule has 0 aliphatic rings. The number of nitrogens with zero attached hydrogens (tertiary/aromatic N) is 1. The third kappa shape index (κ3) is 1.95. The van der Waals surface area contributed by atoms with Gasteiger partial charge in [0, 0.05) is 23.8 Å². The van der Waals surface area contributed by atoms with Crippen molar-refractivity contribution in [1.82, 2.24) is 4.98 Å². The number of hydrogen-bond acceptors (Lipinski definition) is 2. The maximum atomic E-state index is 6.24. The molecular formula is C12H11Cl3N2. The molecule has 0 unspecified atom stereocenters. The molecule has 0 aliphatic heterocycles. The average molecular weight is 290 g/mol. The SMILES string of the molecule is CNc1c(C)c(C)nc2c(Cl)cc(Cl)c(Cl)c12. The number of aryl methyl sites for hydroxylation is 1. The third-order valence-corrected chi connectivity index (χ3v) is 3.92. The summed E-state index contributed by atoms with van der Waals surface area (Å²) in [5.74, 6) is 0. The zero-order valence-corrected chi connectivity index (χ0v) is 11.9. The number of benzene rings is 1. The topological polar surface area (TPSA) is 24.9 Å². The summed E-state index contributed by atoms with van der Waals surface area (Å²) < 4.78 is 0. The van der Waals surface area contributed by atoms with E-state index in [1.54, 1.807) is 6.07 Å². The van der Waals surface area contributed by atoms with Gasteiger partial charge in [0.15, 0.2) is 0 Å². The van der Waals surface area contributed by atoms with E-state index in [-0.39, 0.29) is 0 Å². The highest BCUT2D eigenvalue weighted by atomic mass is 35.5. The normalized spacial score (nSPS) is 10.9. The number of aromatic nitrogens is 1. The van der Waals surface area contributed by atoms with Gasteiger partial charge in [0.25, 0.3) is 0 Å². The van der Waals surface area contributed by atoms with Crippen molar-refractivity contribution in [2.75, 3.05) is 12.4 Å². The quantitative estimate of drug-likeness (QED) is 0.759. The minimum Gasteiger partial charge on any atom is -0.387 e. The number of anilines is 1. The van der Waals surface area contributed by atoms with E-state index in [1.165, 1.54) is 0 Å². The first kappa shape index (κ1) is 12.7. The van der Waals surface area contributed by atoms with Crippen LogP contribution in [0.15, 0.2) is 6.07 Å². The summed E-state index contributed by atoms with van der Waals surface area (Å²) in [5.41, 5.74) is 3.55. The van der Waals surface area contributed by atoms with Crippen LogP contribution in [-0.4, -0.2) is 12.0 Å². The van der Waals surface area contributed by atoms with Crippen LogP contribution >= 0.6 is 34.8 Å². The number of fused-ring (bicyclic) bond motifs is 1. The molecule has 2 aromatic rings. The molecule has 0 amide bonds. The molecule has 0 saturated carbocycles. The predicted molar refractivity (Wildman–Crippen MR) is 75.8 cm³/mol. The molecule has 17 heavy (non-hydrogen) atoms. The Labute approximate surface area is 115 Å². The lowest BCUT2D eigenvalue weighted by atomic mass is 10.1. The summed E-state index contributed by atoms with van der Waals surface area (Å²) in [7, 11) is 1.84. The van der Waals surface area contributed by atoms with E-state index in [4.69, 9.17) is 34.8 Å². The fraction of sp³-hybridized carbons (Fsp3) is 0.250. The number of nitrogens with one attached hydrogen (secondary N) is 1. The van der Waals surface area contributed by atoms with Crippen LogP contribution in [0.2, 0.25) is 15.1 Å². The minimum absolute atomic E-state index is 0.436. The Morgan fingerprint density at radius 1 is 1.12 bits per heavy atom. The lowest BCUT2D eigenvalue weighted by Gasteiger charge is -2.14. The van der Waals surface area contributed by atoms with Crippen molar-refractivity contribution in [1.29, 1.82) is 0 Å². The minimum atomic E-state index is 0.436. The molecule has 1 aromatic carbocycles. The van der Waals surface area contributed by atoms with Crippen LogP contribution in [-0.2, 0) is 0 Å². The first-order valence-corrected chi connectivity index (χ1v) is 6.23. The zero-order chi connectivity index (χ0) is 12.7. The van der Waals surface area contributed by atoms with Crippen LogP contribution in [0, 0.1) is 13.8 Å². The Balaban J connectivity index is 3.06. The molecule has 0 fully saturated rings. The molecule has 0 radical (unpaired) electrons. The Morgan fingerprint density at radius 3 is 2.35 bits per heavy atom. The number of hydrogen-bond donors (Lipinski definition) is 1. The van der Waals surface area contributed by atoms with Gasteiger partial charge >= 0.3 is 0 Å². The van der Waals surface area contributed by atoms with Gasteiger partial charge in [-0.2, -0.15) is 0 Å². The van der Waals surface area contributed by atoms with Crippen LogP contribution in [0.4, 0.5) is 5.69 Å². The van der Waals surface area contributed by atoms with Crippen molar-refractivity contribution in [2.24, 2.45) is 0 Å². The van der Waals surface area contributed by atoms with Gasteiger partial charge < -0.3 is 5.32 Å². The van der Waals surface area contributed by atoms with Crippen molar-refractivity contribution in [3.05, 3.63) is 32.4 Å². The average Bonchev–Trinajstić information content (AvgIpc) is 2.28. The molecule has 5 heteroatoms. The first-order valence-electron chi connectivity index (χ1n) is 5.09. The van der Waals surface area contributed by atoms with Gasteiger partial charge in [-0.1, -0.05) is 34.8 Å². The van der Waals surface area contributed by atoms with Crippen molar-refractivity contribution in [2.45, 2.75) is 13.8 Å². The van der Waals surface area contributed by atoms with Gasteiger partial charge in [0.05, 0.1) is 20.6 Å². The van der Waals surface area contributed by atoms with Gasteiger partial charge in [0.1, 0.15) is 0 Å². The second kappa shape index (κ2) is 4.52. The number of halogens is 3. The summed E-state index contributed by atoms with van der Waals surface area (Å²) in [6.07, 6.45) is 0. The highest BCUT2D eigenvalue weighted by molar-refractivity contribution is 6.48. The second-order valence-electron chi connectivity index (χ2n) is 3.83. The van der Waals surface area contributed by atoms with Gasteiger partial charge in [-0.15, -0.1) is 0 Å². The zero-order valence-electron chi connectivity index (χ0n) is 9.66. The summed E-state index contributed by atoms with van der Waals surface area (Å²) in [5, 5.41) is 5.33. The van der Waals surface area contributed by atoms with Gasteiger partial charge in [-0.25, -0.2) is 0 Å². The Morgan fingerprint density at radius 2 is 1.76 bits per heavy atom. The predicted octanol–water partition coefficient (Wildman–Crippen LogP) is 4.85. The van der Waals surface area contributed by atoms with Crippen LogP contribution in [0.25, 0.3) is 10.9 Å². The lowest BCUT2D eigenvalue weighted by molar-refractivity contribution is 1.19. The van der Waals surface area contributed by atoms with Crippen LogP contribution < -0.4 is 5.32 Å². The van der Waals surface area contributed by atoms with Gasteiger partial charge in [-0.3, -0.25) is 4.98 Å². The Bertz CT molecular complexity index is 609. The number of pyridine rings is 1. The Kier molecular flexibility index (Phi) is 3.39. The van der Waals surface area contributed by atoms with Gasteiger partial charge in [0.2, 0.25) is 0 Å². The first-order chi connectivity index (χ1) is 7.97. The molecule has 2 rings (SSSR count). The largest absolute Gasteiger partial charge is 0.387 e. The molecular weight excluding hydrogens is 279 g/mol. The number of rotatable bonds is 1. The van der Waals surface area contributed by atoms with E-state index >= 15 is 0 Å². The third-order valence-electron chi connectivity index (χ3n) is 2.84. The van der Waals surface area contributed by atoms with Gasteiger partial charge in [-0.05, 0) is 25.5 Å². The van der Waals surface area contributed by atoms with E-state index in [9.17, 15) is 0 Å². The monoisotopic (exact) mass is 288 g/mol. The fourth-order valence-corrected chi connectivity index (χ4v) is 2.60. The Hall–Kier alpha value is -0.700. The smallest absolute Gasteiger partial charge is 0.0928 e. The van der Waals surface area contributed by atoms with E-state index in [1.807, 2.05) is 20.9 Å². The van der Waals surface area contributed by atoms with E-state index in [2.05, 4.69) is 10.3 Å². The summed E-state index contributed by atoms with van der Waals surface area (Å²) in [6.45, 7) is 3.92. The van der Waals surface area contributed by atoms with Crippen molar-refractivity contribution < 1.29 is 0 Å². The maximum absolute atomic E-state index is 6.24. The second-order valence-corrected chi connectivity index (χ2v) is 5.02. The maximum Gasteiger partial charge on any atom is 0.0928 e. The molecule has 1 aromatic heterocycles. The van der Waals surface area contributed by atoms with Crippen molar-refractivity contribution in [3.8, 4) is 0 Å². The molecule has 0 bridgehead atoms.